The zero-order valence-corrected chi connectivity index (χ0v) is 17.7. The Kier molecular flexibility index (Phi) is 6.32. The summed E-state index contributed by atoms with van der Waals surface area (Å²) in [5.41, 5.74) is 9.92. The zero-order chi connectivity index (χ0) is 22.3. The summed E-state index contributed by atoms with van der Waals surface area (Å²) < 4.78 is 5.19. The quantitative estimate of drug-likeness (QED) is 0.284. The Bertz CT molecular complexity index is 1270. The lowest BCUT2D eigenvalue weighted by Gasteiger charge is -2.08. The number of ether oxygens (including phenoxy) is 1. The van der Waals surface area contributed by atoms with E-state index in [1.54, 1.807) is 25.3 Å². The molecule has 4 rings (SSSR count). The highest BCUT2D eigenvalue weighted by Crippen LogP contribution is 2.20. The molecule has 1 heterocycles. The van der Waals surface area contributed by atoms with Gasteiger partial charge in [-0.2, -0.15) is 0 Å². The molecule has 160 valence electrons. The molecular weight excluding hydrogens is 400 g/mol. The molecule has 6 nitrogen and oxygen atoms in total. The molecule has 1 amide bonds. The third kappa shape index (κ3) is 5.23. The van der Waals surface area contributed by atoms with Crippen molar-refractivity contribution >= 4 is 40.1 Å². The number of pyridine rings is 1. The smallest absolute Gasteiger partial charge is 0.248 e. The Morgan fingerprint density at radius 3 is 2.62 bits per heavy atom. The van der Waals surface area contributed by atoms with Crippen molar-refractivity contribution < 1.29 is 9.53 Å². The van der Waals surface area contributed by atoms with Gasteiger partial charge in [-0.1, -0.05) is 30.3 Å². The number of nitrogens with two attached hydrogens (primary N) is 1. The number of hydrogen-bond donors (Lipinski definition) is 3. The SMILES string of the molecule is COc1ccc(CNc2ccc3cc(/C=C/C(=O)Nc4ccccc4N)ccc3n2)cc1. The molecule has 0 bridgehead atoms. The van der Waals surface area contributed by atoms with E-state index < -0.39 is 0 Å². The van der Waals surface area contributed by atoms with Gasteiger partial charge in [-0.05, 0) is 65.7 Å². The monoisotopic (exact) mass is 424 g/mol. The largest absolute Gasteiger partial charge is 0.497 e. The maximum Gasteiger partial charge on any atom is 0.248 e. The van der Waals surface area contributed by atoms with E-state index in [1.807, 2.05) is 66.7 Å². The molecule has 0 saturated carbocycles. The number of carbonyl (C=O) groups excluding carboxylic acids is 1. The van der Waals surface area contributed by atoms with Gasteiger partial charge in [-0.25, -0.2) is 4.98 Å². The molecule has 1 aromatic heterocycles. The second-order valence-electron chi connectivity index (χ2n) is 7.26. The number of benzene rings is 3. The van der Waals surface area contributed by atoms with E-state index in [1.165, 1.54) is 6.08 Å². The van der Waals surface area contributed by atoms with E-state index in [9.17, 15) is 4.79 Å². The maximum absolute atomic E-state index is 12.2. The van der Waals surface area contributed by atoms with Gasteiger partial charge in [0.1, 0.15) is 11.6 Å². The normalized spacial score (nSPS) is 10.9. The van der Waals surface area contributed by atoms with Crippen molar-refractivity contribution in [3.05, 3.63) is 96.1 Å². The fraction of sp³-hybridized carbons (Fsp3) is 0.0769. The van der Waals surface area contributed by atoms with Gasteiger partial charge in [0.2, 0.25) is 5.91 Å². The number of rotatable bonds is 7. The first-order chi connectivity index (χ1) is 15.6. The highest BCUT2D eigenvalue weighted by molar-refractivity contribution is 6.03. The lowest BCUT2D eigenvalue weighted by atomic mass is 10.1. The van der Waals surface area contributed by atoms with Crippen LogP contribution in [0.1, 0.15) is 11.1 Å². The molecule has 0 fully saturated rings. The first-order valence-corrected chi connectivity index (χ1v) is 10.2. The van der Waals surface area contributed by atoms with Gasteiger partial charge >= 0.3 is 0 Å². The number of nitrogens with zero attached hydrogens (tertiary/aromatic N) is 1. The summed E-state index contributed by atoms with van der Waals surface area (Å²) in [6.07, 6.45) is 3.26. The van der Waals surface area contributed by atoms with E-state index in [4.69, 9.17) is 10.5 Å². The minimum absolute atomic E-state index is 0.237. The molecule has 4 N–H and O–H groups in total. The number of carbonyl (C=O) groups is 1. The van der Waals surface area contributed by atoms with Crippen LogP contribution in [-0.2, 0) is 11.3 Å². The number of nitrogen functional groups attached to an aromatic ring is 1. The Morgan fingerprint density at radius 2 is 1.84 bits per heavy atom. The third-order valence-electron chi connectivity index (χ3n) is 4.99. The number of para-hydroxylation sites is 2. The Hall–Kier alpha value is -4.32. The van der Waals surface area contributed by atoms with Gasteiger partial charge in [0.25, 0.3) is 0 Å². The van der Waals surface area contributed by atoms with Crippen molar-refractivity contribution in [3.8, 4) is 5.75 Å². The van der Waals surface area contributed by atoms with Crippen LogP contribution < -0.4 is 21.1 Å². The van der Waals surface area contributed by atoms with Crippen LogP contribution in [0.2, 0.25) is 0 Å². The van der Waals surface area contributed by atoms with Gasteiger partial charge < -0.3 is 21.1 Å². The molecule has 0 radical (unpaired) electrons. The van der Waals surface area contributed by atoms with Crippen molar-refractivity contribution in [1.82, 2.24) is 4.98 Å². The van der Waals surface area contributed by atoms with Crippen LogP contribution in [0.5, 0.6) is 5.75 Å². The predicted molar refractivity (Wildman–Crippen MR) is 131 cm³/mol. The third-order valence-corrected chi connectivity index (χ3v) is 4.99. The molecule has 3 aromatic carbocycles. The molecule has 6 heteroatoms. The lowest BCUT2D eigenvalue weighted by Crippen LogP contribution is -2.09. The molecule has 0 spiro atoms. The predicted octanol–water partition coefficient (Wildman–Crippen LogP) is 5.09. The van der Waals surface area contributed by atoms with E-state index in [0.29, 0.717) is 17.9 Å². The minimum atomic E-state index is -0.237. The molecule has 0 atom stereocenters. The van der Waals surface area contributed by atoms with Crippen LogP contribution in [-0.4, -0.2) is 18.0 Å². The number of fused-ring (bicyclic) bond motifs is 1. The van der Waals surface area contributed by atoms with Gasteiger partial charge in [-0.15, -0.1) is 0 Å². The Morgan fingerprint density at radius 1 is 1.03 bits per heavy atom. The summed E-state index contributed by atoms with van der Waals surface area (Å²) in [6, 6.07) is 24.9. The molecule has 0 aliphatic carbocycles. The summed E-state index contributed by atoms with van der Waals surface area (Å²) in [6.45, 7) is 0.671. The van der Waals surface area contributed by atoms with Gasteiger partial charge in [0, 0.05) is 18.0 Å². The summed E-state index contributed by atoms with van der Waals surface area (Å²) in [4.78, 5) is 16.9. The Balaban J connectivity index is 1.40. The van der Waals surface area contributed by atoms with E-state index >= 15 is 0 Å². The summed E-state index contributed by atoms with van der Waals surface area (Å²) >= 11 is 0. The molecule has 0 unspecified atom stereocenters. The van der Waals surface area contributed by atoms with Crippen molar-refractivity contribution in [1.29, 1.82) is 0 Å². The average Bonchev–Trinajstić information content (AvgIpc) is 2.83. The lowest BCUT2D eigenvalue weighted by molar-refractivity contribution is -0.111. The molecule has 4 aromatic rings. The van der Waals surface area contributed by atoms with Gasteiger partial charge in [0.15, 0.2) is 0 Å². The first-order valence-electron chi connectivity index (χ1n) is 10.2. The van der Waals surface area contributed by atoms with E-state index in [0.717, 1.165) is 33.6 Å². The summed E-state index contributed by atoms with van der Waals surface area (Å²) in [5.74, 6) is 1.40. The van der Waals surface area contributed by atoms with Crippen LogP contribution in [0.3, 0.4) is 0 Å². The van der Waals surface area contributed by atoms with E-state index in [-0.39, 0.29) is 5.91 Å². The number of hydrogen-bond acceptors (Lipinski definition) is 5. The standard InChI is InChI=1S/C26H24N4O2/c1-32-21-11-6-19(7-12-21)17-28-25-14-10-20-16-18(8-13-23(20)29-25)9-15-26(31)30-24-5-3-2-4-22(24)27/h2-16H,17,27H2,1H3,(H,28,29)(H,30,31)/b15-9+. The minimum Gasteiger partial charge on any atom is -0.497 e. The van der Waals surface area contributed by atoms with E-state index in [2.05, 4.69) is 15.6 Å². The van der Waals surface area contributed by atoms with Crippen molar-refractivity contribution in [2.24, 2.45) is 0 Å². The summed E-state index contributed by atoms with van der Waals surface area (Å²) in [7, 11) is 1.66. The number of amides is 1. The van der Waals surface area contributed by atoms with Crippen LogP contribution in [0.25, 0.3) is 17.0 Å². The highest BCUT2D eigenvalue weighted by atomic mass is 16.5. The van der Waals surface area contributed by atoms with Crippen LogP contribution in [0.15, 0.2) is 84.9 Å². The molecule has 0 saturated heterocycles. The number of methoxy groups -OCH3 is 1. The average molecular weight is 425 g/mol. The fourth-order valence-electron chi connectivity index (χ4n) is 3.24. The molecular formula is C26H24N4O2. The topological polar surface area (TPSA) is 89.3 Å². The van der Waals surface area contributed by atoms with Gasteiger partial charge in [0.05, 0.1) is 24.0 Å². The molecule has 0 aliphatic rings. The number of nitrogens with one attached hydrogen (secondary N) is 2. The zero-order valence-electron chi connectivity index (χ0n) is 17.7. The van der Waals surface area contributed by atoms with Crippen LogP contribution in [0.4, 0.5) is 17.2 Å². The number of aromatic nitrogens is 1. The maximum atomic E-state index is 12.2. The first kappa shape index (κ1) is 20.9. The second kappa shape index (κ2) is 9.66. The van der Waals surface area contributed by atoms with Crippen molar-refractivity contribution in [2.75, 3.05) is 23.5 Å². The van der Waals surface area contributed by atoms with Crippen molar-refractivity contribution in [2.45, 2.75) is 6.54 Å². The Labute approximate surface area is 186 Å². The second-order valence-corrected chi connectivity index (χ2v) is 7.26. The fourth-order valence-corrected chi connectivity index (χ4v) is 3.24. The van der Waals surface area contributed by atoms with Crippen LogP contribution >= 0.6 is 0 Å². The summed E-state index contributed by atoms with van der Waals surface area (Å²) in [5, 5.41) is 7.12. The van der Waals surface area contributed by atoms with Crippen LogP contribution in [0, 0.1) is 0 Å². The van der Waals surface area contributed by atoms with Gasteiger partial charge in [-0.3, -0.25) is 4.79 Å². The van der Waals surface area contributed by atoms with Crippen molar-refractivity contribution in [3.63, 3.8) is 0 Å². The molecule has 32 heavy (non-hydrogen) atoms. The highest BCUT2D eigenvalue weighted by Gasteiger charge is 2.03. The molecule has 0 aliphatic heterocycles. The number of anilines is 3.